The molecule has 0 aromatic heterocycles. The highest BCUT2D eigenvalue weighted by molar-refractivity contribution is 4.79. The van der Waals surface area contributed by atoms with Gasteiger partial charge in [0.25, 0.3) is 0 Å². The molecule has 0 spiro atoms. The molecule has 1 fully saturated rings. The lowest BCUT2D eigenvalue weighted by atomic mass is 10.0. The van der Waals surface area contributed by atoms with Gasteiger partial charge in [-0.25, -0.2) is 0 Å². The molecule has 0 saturated carbocycles. The molecular formula is C10H18O4. The quantitative estimate of drug-likeness (QED) is 0.649. The highest BCUT2D eigenvalue weighted by Gasteiger charge is 2.28. The van der Waals surface area contributed by atoms with E-state index in [1.54, 1.807) is 6.92 Å². The van der Waals surface area contributed by atoms with Crippen molar-refractivity contribution >= 4 is 0 Å². The van der Waals surface area contributed by atoms with Crippen LogP contribution >= 0.6 is 0 Å². The molecule has 0 amide bonds. The van der Waals surface area contributed by atoms with Gasteiger partial charge in [0.2, 0.25) is 0 Å². The Labute approximate surface area is 84.1 Å². The second-order valence-electron chi connectivity index (χ2n) is 3.70. The SMILES string of the molecule is C=C(C)OCC1CC(O)CC(CO)O1. The van der Waals surface area contributed by atoms with E-state index in [1.807, 2.05) is 0 Å². The van der Waals surface area contributed by atoms with Crippen LogP contribution in [0.4, 0.5) is 0 Å². The number of allylic oxidation sites excluding steroid dienone is 1. The number of ether oxygens (including phenoxy) is 2. The van der Waals surface area contributed by atoms with Crippen molar-refractivity contribution in [2.24, 2.45) is 0 Å². The van der Waals surface area contributed by atoms with Crippen LogP contribution in [0.25, 0.3) is 0 Å². The smallest absolute Gasteiger partial charge is 0.114 e. The van der Waals surface area contributed by atoms with Gasteiger partial charge in [-0.1, -0.05) is 6.58 Å². The number of rotatable bonds is 4. The summed E-state index contributed by atoms with van der Waals surface area (Å²) in [7, 11) is 0. The monoisotopic (exact) mass is 202 g/mol. The number of aliphatic hydroxyl groups excluding tert-OH is 2. The summed E-state index contributed by atoms with van der Waals surface area (Å²) in [4.78, 5) is 0. The third-order valence-corrected chi connectivity index (χ3v) is 2.17. The molecule has 1 rings (SSSR count). The van der Waals surface area contributed by atoms with Crippen molar-refractivity contribution in [2.45, 2.75) is 38.1 Å². The van der Waals surface area contributed by atoms with E-state index in [2.05, 4.69) is 6.58 Å². The average molecular weight is 202 g/mol. The molecule has 2 N–H and O–H groups in total. The summed E-state index contributed by atoms with van der Waals surface area (Å²) in [5.41, 5.74) is 0. The second kappa shape index (κ2) is 5.34. The van der Waals surface area contributed by atoms with E-state index in [0.29, 0.717) is 25.2 Å². The van der Waals surface area contributed by atoms with Crippen molar-refractivity contribution < 1.29 is 19.7 Å². The average Bonchev–Trinajstić information content (AvgIpc) is 2.14. The molecule has 0 aromatic carbocycles. The number of aliphatic hydroxyl groups is 2. The lowest BCUT2D eigenvalue weighted by Crippen LogP contribution is -2.39. The van der Waals surface area contributed by atoms with Crippen molar-refractivity contribution in [3.63, 3.8) is 0 Å². The van der Waals surface area contributed by atoms with E-state index in [4.69, 9.17) is 14.6 Å². The fourth-order valence-electron chi connectivity index (χ4n) is 1.55. The molecule has 0 bridgehead atoms. The van der Waals surface area contributed by atoms with Crippen LogP contribution in [0.15, 0.2) is 12.3 Å². The molecule has 1 aliphatic rings. The third-order valence-electron chi connectivity index (χ3n) is 2.17. The summed E-state index contributed by atoms with van der Waals surface area (Å²) in [6.45, 7) is 5.71. The predicted molar refractivity (Wildman–Crippen MR) is 51.8 cm³/mol. The Balaban J connectivity index is 2.33. The zero-order chi connectivity index (χ0) is 10.6. The van der Waals surface area contributed by atoms with Gasteiger partial charge in [0.1, 0.15) is 6.61 Å². The summed E-state index contributed by atoms with van der Waals surface area (Å²) >= 11 is 0. The summed E-state index contributed by atoms with van der Waals surface area (Å²) in [5.74, 6) is 0.634. The Morgan fingerprint density at radius 2 is 2.14 bits per heavy atom. The topological polar surface area (TPSA) is 58.9 Å². The Bertz CT molecular complexity index is 193. The van der Waals surface area contributed by atoms with Gasteiger partial charge < -0.3 is 19.7 Å². The minimum Gasteiger partial charge on any atom is -0.496 e. The van der Waals surface area contributed by atoms with Crippen LogP contribution in [-0.2, 0) is 9.47 Å². The molecule has 4 nitrogen and oxygen atoms in total. The van der Waals surface area contributed by atoms with Crippen molar-refractivity contribution in [2.75, 3.05) is 13.2 Å². The first kappa shape index (κ1) is 11.5. The third kappa shape index (κ3) is 3.65. The standard InChI is InChI=1S/C10H18O4/c1-7(2)13-6-10-4-8(12)3-9(5-11)14-10/h8-12H,1,3-6H2,2H3. The fraction of sp³-hybridized carbons (Fsp3) is 0.800. The zero-order valence-electron chi connectivity index (χ0n) is 8.48. The predicted octanol–water partition coefficient (Wildman–Crippen LogP) is 0.437. The largest absolute Gasteiger partial charge is 0.496 e. The molecule has 0 aliphatic carbocycles. The van der Waals surface area contributed by atoms with Crippen LogP contribution in [0.1, 0.15) is 19.8 Å². The number of hydrogen-bond acceptors (Lipinski definition) is 4. The minimum atomic E-state index is -0.403. The summed E-state index contributed by atoms with van der Waals surface area (Å²) in [5, 5.41) is 18.4. The molecule has 82 valence electrons. The van der Waals surface area contributed by atoms with Crippen LogP contribution < -0.4 is 0 Å². The van der Waals surface area contributed by atoms with E-state index in [-0.39, 0.29) is 18.8 Å². The van der Waals surface area contributed by atoms with Crippen LogP contribution in [0.2, 0.25) is 0 Å². The van der Waals surface area contributed by atoms with E-state index in [1.165, 1.54) is 0 Å². The van der Waals surface area contributed by atoms with Gasteiger partial charge in [-0.15, -0.1) is 0 Å². The van der Waals surface area contributed by atoms with E-state index < -0.39 is 6.10 Å². The summed E-state index contributed by atoms with van der Waals surface area (Å²) in [6, 6.07) is 0. The molecule has 4 heteroatoms. The normalized spacial score (nSPS) is 32.6. The van der Waals surface area contributed by atoms with E-state index >= 15 is 0 Å². The van der Waals surface area contributed by atoms with Gasteiger partial charge >= 0.3 is 0 Å². The first-order valence-electron chi connectivity index (χ1n) is 4.84. The number of hydrogen-bond donors (Lipinski definition) is 2. The van der Waals surface area contributed by atoms with E-state index in [0.717, 1.165) is 0 Å². The van der Waals surface area contributed by atoms with Gasteiger partial charge in [-0.05, 0) is 6.92 Å². The van der Waals surface area contributed by atoms with Crippen LogP contribution in [0.5, 0.6) is 0 Å². The molecule has 14 heavy (non-hydrogen) atoms. The Morgan fingerprint density at radius 3 is 2.71 bits per heavy atom. The van der Waals surface area contributed by atoms with Gasteiger partial charge in [0.05, 0.1) is 30.7 Å². The van der Waals surface area contributed by atoms with E-state index in [9.17, 15) is 5.11 Å². The lowest BCUT2D eigenvalue weighted by molar-refractivity contribution is -0.128. The van der Waals surface area contributed by atoms with Crippen LogP contribution in [0.3, 0.4) is 0 Å². The van der Waals surface area contributed by atoms with Crippen LogP contribution in [0, 0.1) is 0 Å². The Morgan fingerprint density at radius 1 is 1.50 bits per heavy atom. The minimum absolute atomic E-state index is 0.0549. The lowest BCUT2D eigenvalue weighted by Gasteiger charge is -2.32. The first-order valence-corrected chi connectivity index (χ1v) is 4.84. The Kier molecular flexibility index (Phi) is 4.38. The first-order chi connectivity index (χ1) is 6.61. The van der Waals surface area contributed by atoms with Gasteiger partial charge in [-0.3, -0.25) is 0 Å². The summed E-state index contributed by atoms with van der Waals surface area (Å²) in [6.07, 6.45) is 0.244. The maximum Gasteiger partial charge on any atom is 0.114 e. The Hall–Kier alpha value is -0.580. The maximum absolute atomic E-state index is 9.48. The highest BCUT2D eigenvalue weighted by atomic mass is 16.5. The second-order valence-corrected chi connectivity index (χ2v) is 3.70. The summed E-state index contributed by atoms with van der Waals surface area (Å²) < 4.78 is 10.7. The fourth-order valence-corrected chi connectivity index (χ4v) is 1.55. The van der Waals surface area contributed by atoms with Gasteiger partial charge in [-0.2, -0.15) is 0 Å². The van der Waals surface area contributed by atoms with Gasteiger partial charge in [0, 0.05) is 12.8 Å². The molecule has 1 aliphatic heterocycles. The molecule has 3 unspecified atom stereocenters. The molecule has 0 aromatic rings. The molecule has 1 heterocycles. The zero-order valence-corrected chi connectivity index (χ0v) is 8.48. The van der Waals surface area contributed by atoms with Crippen molar-refractivity contribution in [1.29, 1.82) is 0 Å². The van der Waals surface area contributed by atoms with Crippen molar-refractivity contribution in [3.05, 3.63) is 12.3 Å². The van der Waals surface area contributed by atoms with Crippen molar-refractivity contribution in [1.82, 2.24) is 0 Å². The van der Waals surface area contributed by atoms with Gasteiger partial charge in [0.15, 0.2) is 0 Å². The molecule has 0 radical (unpaired) electrons. The van der Waals surface area contributed by atoms with Crippen LogP contribution in [-0.4, -0.2) is 41.7 Å². The molecule has 1 saturated heterocycles. The highest BCUT2D eigenvalue weighted by Crippen LogP contribution is 2.20. The maximum atomic E-state index is 9.48. The van der Waals surface area contributed by atoms with Crippen molar-refractivity contribution in [3.8, 4) is 0 Å². The molecule has 3 atom stereocenters. The molecular weight excluding hydrogens is 184 g/mol.